The van der Waals surface area contributed by atoms with Crippen LogP contribution in [0, 0.1) is 34.5 Å². The Hall–Kier alpha value is -0.530. The maximum Gasteiger partial charge on any atom is 0.223 e. The monoisotopic (exact) mass is 333 g/mol. The molecule has 0 heterocycles. The Morgan fingerprint density at radius 1 is 0.833 bits per heavy atom. The molecule has 3 rings (SSSR count). The second-order valence-electron chi connectivity index (χ2n) is 10.7. The molecular formula is C22H39NO. The summed E-state index contributed by atoms with van der Waals surface area (Å²) >= 11 is 0. The van der Waals surface area contributed by atoms with E-state index in [0.29, 0.717) is 22.8 Å². The number of nitrogens with one attached hydrogen (secondary N) is 1. The first-order valence-corrected chi connectivity index (χ1v) is 10.5. The van der Waals surface area contributed by atoms with Gasteiger partial charge in [0.25, 0.3) is 0 Å². The highest BCUT2D eigenvalue weighted by Crippen LogP contribution is 2.57. The molecule has 2 nitrogen and oxygen atoms in total. The molecule has 3 unspecified atom stereocenters. The van der Waals surface area contributed by atoms with E-state index < -0.39 is 0 Å². The van der Waals surface area contributed by atoms with E-state index in [1.54, 1.807) is 0 Å². The van der Waals surface area contributed by atoms with E-state index in [9.17, 15) is 4.79 Å². The van der Waals surface area contributed by atoms with Crippen molar-refractivity contribution >= 4 is 5.91 Å². The molecule has 0 radical (unpaired) electrons. The van der Waals surface area contributed by atoms with Gasteiger partial charge in [-0.1, -0.05) is 34.6 Å². The Morgan fingerprint density at radius 2 is 1.42 bits per heavy atom. The largest absolute Gasteiger partial charge is 0.353 e. The highest BCUT2D eigenvalue weighted by atomic mass is 16.1. The van der Waals surface area contributed by atoms with Crippen molar-refractivity contribution in [3.8, 4) is 0 Å². The van der Waals surface area contributed by atoms with Crippen LogP contribution in [0.3, 0.4) is 0 Å². The highest BCUT2D eigenvalue weighted by molar-refractivity contribution is 5.79. The van der Waals surface area contributed by atoms with E-state index in [1.165, 1.54) is 44.9 Å². The minimum atomic E-state index is 0.287. The zero-order valence-corrected chi connectivity index (χ0v) is 16.7. The van der Waals surface area contributed by atoms with Crippen molar-refractivity contribution < 1.29 is 4.79 Å². The molecule has 3 aliphatic rings. The van der Waals surface area contributed by atoms with Crippen molar-refractivity contribution in [2.24, 2.45) is 34.5 Å². The number of fused-ring (bicyclic) bond motifs is 1. The van der Waals surface area contributed by atoms with Crippen LogP contribution in [0.2, 0.25) is 0 Å². The van der Waals surface area contributed by atoms with Crippen molar-refractivity contribution in [1.29, 1.82) is 0 Å². The third-order valence-electron chi connectivity index (χ3n) is 8.00. The Kier molecular flexibility index (Phi) is 5.06. The average Bonchev–Trinajstić information content (AvgIpc) is 2.52. The summed E-state index contributed by atoms with van der Waals surface area (Å²) in [6.07, 6.45) is 11.1. The van der Waals surface area contributed by atoms with Crippen LogP contribution in [-0.2, 0) is 4.79 Å². The van der Waals surface area contributed by atoms with Crippen LogP contribution in [0.25, 0.3) is 0 Å². The summed E-state index contributed by atoms with van der Waals surface area (Å²) in [5.74, 6) is 3.07. The Balaban J connectivity index is 1.60. The highest BCUT2D eigenvalue weighted by Gasteiger charge is 2.50. The zero-order valence-electron chi connectivity index (χ0n) is 16.7. The van der Waals surface area contributed by atoms with Crippen molar-refractivity contribution in [2.75, 3.05) is 0 Å². The van der Waals surface area contributed by atoms with Gasteiger partial charge in [0, 0.05) is 12.0 Å². The Bertz CT molecular complexity index is 459. The summed E-state index contributed by atoms with van der Waals surface area (Å²) in [4.78, 5) is 12.7. The Morgan fingerprint density at radius 3 is 2.04 bits per heavy atom. The topological polar surface area (TPSA) is 29.1 Å². The molecule has 3 aliphatic carbocycles. The van der Waals surface area contributed by atoms with Crippen molar-refractivity contribution in [2.45, 2.75) is 98.4 Å². The first-order valence-electron chi connectivity index (χ1n) is 10.5. The summed E-state index contributed by atoms with van der Waals surface area (Å²) < 4.78 is 0. The quantitative estimate of drug-likeness (QED) is 0.704. The first-order chi connectivity index (χ1) is 11.2. The normalized spacial score (nSPS) is 41.3. The summed E-state index contributed by atoms with van der Waals surface area (Å²) in [5, 5.41) is 3.46. The Labute approximate surface area is 149 Å². The molecule has 24 heavy (non-hydrogen) atoms. The number of hydrogen-bond donors (Lipinski definition) is 1. The lowest BCUT2D eigenvalue weighted by atomic mass is 9.50. The van der Waals surface area contributed by atoms with Crippen LogP contribution in [0.5, 0.6) is 0 Å². The van der Waals surface area contributed by atoms with E-state index in [-0.39, 0.29) is 5.92 Å². The van der Waals surface area contributed by atoms with Gasteiger partial charge in [0.05, 0.1) is 0 Å². The van der Waals surface area contributed by atoms with Crippen LogP contribution < -0.4 is 5.32 Å². The molecule has 0 saturated heterocycles. The van der Waals surface area contributed by atoms with E-state index >= 15 is 0 Å². The summed E-state index contributed by atoms with van der Waals surface area (Å²) in [6.45, 7) is 12.2. The fourth-order valence-corrected chi connectivity index (χ4v) is 5.96. The van der Waals surface area contributed by atoms with Crippen molar-refractivity contribution in [3.05, 3.63) is 0 Å². The van der Waals surface area contributed by atoms with E-state index in [1.807, 2.05) is 0 Å². The van der Waals surface area contributed by atoms with Gasteiger partial charge < -0.3 is 5.32 Å². The summed E-state index contributed by atoms with van der Waals surface area (Å²) in [6, 6.07) is 0.422. The third kappa shape index (κ3) is 3.68. The van der Waals surface area contributed by atoms with Gasteiger partial charge in [-0.25, -0.2) is 0 Å². The third-order valence-corrected chi connectivity index (χ3v) is 8.00. The van der Waals surface area contributed by atoms with E-state index in [4.69, 9.17) is 0 Å². The molecule has 0 bridgehead atoms. The van der Waals surface area contributed by atoms with Crippen LogP contribution in [0.4, 0.5) is 0 Å². The van der Waals surface area contributed by atoms with Crippen LogP contribution in [-0.4, -0.2) is 11.9 Å². The average molecular weight is 334 g/mol. The number of carbonyl (C=O) groups excluding carboxylic acids is 1. The van der Waals surface area contributed by atoms with Gasteiger partial charge in [-0.2, -0.15) is 0 Å². The molecule has 2 heteroatoms. The fraction of sp³-hybridized carbons (Fsp3) is 0.955. The molecule has 1 N–H and O–H groups in total. The van der Waals surface area contributed by atoms with E-state index in [2.05, 4.69) is 39.9 Å². The summed E-state index contributed by atoms with van der Waals surface area (Å²) in [5.41, 5.74) is 0.915. The molecule has 0 aromatic rings. The van der Waals surface area contributed by atoms with Crippen molar-refractivity contribution in [3.63, 3.8) is 0 Å². The van der Waals surface area contributed by atoms with Crippen LogP contribution in [0.15, 0.2) is 0 Å². The molecule has 1 amide bonds. The second-order valence-corrected chi connectivity index (χ2v) is 10.7. The lowest BCUT2D eigenvalue weighted by Crippen LogP contribution is -2.52. The van der Waals surface area contributed by atoms with Crippen LogP contribution in [0.1, 0.15) is 92.4 Å². The van der Waals surface area contributed by atoms with Gasteiger partial charge in [0.15, 0.2) is 0 Å². The van der Waals surface area contributed by atoms with Gasteiger partial charge in [-0.15, -0.1) is 0 Å². The molecular weight excluding hydrogens is 294 g/mol. The maximum absolute atomic E-state index is 12.7. The predicted molar refractivity (Wildman–Crippen MR) is 101 cm³/mol. The van der Waals surface area contributed by atoms with Gasteiger partial charge in [0.2, 0.25) is 5.91 Å². The van der Waals surface area contributed by atoms with Gasteiger partial charge >= 0.3 is 0 Å². The zero-order chi connectivity index (χ0) is 17.5. The van der Waals surface area contributed by atoms with Gasteiger partial charge in [0.1, 0.15) is 0 Å². The van der Waals surface area contributed by atoms with Crippen molar-refractivity contribution in [1.82, 2.24) is 5.32 Å². The van der Waals surface area contributed by atoms with E-state index in [0.717, 1.165) is 30.6 Å². The summed E-state index contributed by atoms with van der Waals surface area (Å²) in [7, 11) is 0. The molecule has 138 valence electrons. The minimum absolute atomic E-state index is 0.287. The molecule has 0 spiro atoms. The molecule has 0 aromatic heterocycles. The lowest BCUT2D eigenvalue weighted by molar-refractivity contribution is -0.128. The molecule has 3 saturated carbocycles. The predicted octanol–water partition coefficient (Wildman–Crippen LogP) is 5.56. The van der Waals surface area contributed by atoms with Crippen LogP contribution >= 0.6 is 0 Å². The first kappa shape index (κ1) is 18.3. The fourth-order valence-electron chi connectivity index (χ4n) is 5.96. The SMILES string of the molecule is CC1CCC(C(=O)NC2CCC3C(C2)C(C)(C)CCC3(C)C)CC1. The number of amides is 1. The number of rotatable bonds is 2. The lowest BCUT2D eigenvalue weighted by Gasteiger charge is -2.56. The number of carbonyl (C=O) groups is 1. The molecule has 3 atom stereocenters. The smallest absolute Gasteiger partial charge is 0.223 e. The molecule has 3 fully saturated rings. The maximum atomic E-state index is 12.7. The minimum Gasteiger partial charge on any atom is -0.353 e. The molecule has 0 aromatic carbocycles. The second kappa shape index (κ2) is 6.65. The van der Waals surface area contributed by atoms with Gasteiger partial charge in [-0.05, 0) is 86.4 Å². The van der Waals surface area contributed by atoms with Gasteiger partial charge in [-0.3, -0.25) is 4.79 Å². The number of hydrogen-bond acceptors (Lipinski definition) is 1. The molecule has 0 aliphatic heterocycles. The standard InChI is InChI=1S/C22H39NO/c1-15-6-8-16(9-7-15)20(24)23-17-10-11-18-19(14-17)22(4,5)13-12-21(18,2)3/h15-19H,6-14H2,1-5H3,(H,23,24).